The summed E-state index contributed by atoms with van der Waals surface area (Å²) < 4.78 is 6.73. The molecule has 7 heteroatoms. The number of nitrogens with one attached hydrogen (secondary N) is 1. The van der Waals surface area contributed by atoms with Gasteiger partial charge < -0.3 is 9.64 Å². The van der Waals surface area contributed by atoms with Crippen LogP contribution in [-0.2, 0) is 16.6 Å². The van der Waals surface area contributed by atoms with E-state index in [2.05, 4.69) is 10.4 Å². The number of nitrogens with zero attached hydrogens (tertiary/aromatic N) is 3. The quantitative estimate of drug-likeness (QED) is 0.858. The largest absolute Gasteiger partial charge is 0.466 e. The Morgan fingerprint density at radius 1 is 1.43 bits per heavy atom. The minimum Gasteiger partial charge on any atom is -0.466 e. The van der Waals surface area contributed by atoms with Crippen molar-refractivity contribution in [3.63, 3.8) is 0 Å². The summed E-state index contributed by atoms with van der Waals surface area (Å²) in [5.74, 6) is 0.302. The summed E-state index contributed by atoms with van der Waals surface area (Å²) >= 11 is 0. The first kappa shape index (κ1) is 15.3. The van der Waals surface area contributed by atoms with E-state index in [1.807, 2.05) is 20.0 Å². The average molecular weight is 294 g/mol. The fourth-order valence-corrected chi connectivity index (χ4v) is 2.39. The van der Waals surface area contributed by atoms with E-state index in [0.717, 1.165) is 5.69 Å². The van der Waals surface area contributed by atoms with Crippen molar-refractivity contribution in [2.24, 2.45) is 13.0 Å². The van der Waals surface area contributed by atoms with E-state index in [-0.39, 0.29) is 17.9 Å². The number of aromatic nitrogens is 2. The first-order chi connectivity index (χ1) is 10.0. The van der Waals surface area contributed by atoms with Gasteiger partial charge >= 0.3 is 12.0 Å². The Balaban J connectivity index is 1.84. The van der Waals surface area contributed by atoms with E-state index in [1.165, 1.54) is 0 Å². The summed E-state index contributed by atoms with van der Waals surface area (Å²) in [5.41, 5.74) is 0.978. The number of carbonyl (C=O) groups is 2. The summed E-state index contributed by atoms with van der Waals surface area (Å²) in [7, 11) is 1.83. The number of ether oxygens (including phenoxy) is 1. The zero-order chi connectivity index (χ0) is 15.4. The van der Waals surface area contributed by atoms with Crippen molar-refractivity contribution in [1.29, 1.82) is 0 Å². The number of piperidine rings is 1. The van der Waals surface area contributed by atoms with Crippen LogP contribution in [0.5, 0.6) is 0 Å². The molecule has 1 aliphatic rings. The summed E-state index contributed by atoms with van der Waals surface area (Å²) in [6, 6.07) is 1.65. The number of amides is 2. The van der Waals surface area contributed by atoms with Gasteiger partial charge in [-0.25, -0.2) is 4.79 Å². The zero-order valence-corrected chi connectivity index (χ0v) is 12.8. The second-order valence-corrected chi connectivity index (χ2v) is 5.24. The van der Waals surface area contributed by atoms with Gasteiger partial charge in [-0.2, -0.15) is 5.10 Å². The molecule has 7 nitrogen and oxygen atoms in total. The van der Waals surface area contributed by atoms with Crippen LogP contribution in [0.25, 0.3) is 0 Å². The second kappa shape index (κ2) is 6.60. The smallest absolute Gasteiger partial charge is 0.323 e. The first-order valence-corrected chi connectivity index (χ1v) is 7.24. The van der Waals surface area contributed by atoms with Gasteiger partial charge in [0.15, 0.2) is 5.82 Å². The molecule has 0 atom stereocenters. The molecule has 0 unspecified atom stereocenters. The highest BCUT2D eigenvalue weighted by atomic mass is 16.5. The van der Waals surface area contributed by atoms with E-state index in [4.69, 9.17) is 4.74 Å². The molecule has 0 spiro atoms. The molecule has 1 saturated heterocycles. The molecule has 1 aromatic rings. The predicted octanol–water partition coefficient (Wildman–Crippen LogP) is 1.54. The Morgan fingerprint density at radius 3 is 2.62 bits per heavy atom. The molecule has 0 radical (unpaired) electrons. The number of hydrogen-bond acceptors (Lipinski definition) is 4. The molecule has 1 N–H and O–H groups in total. The van der Waals surface area contributed by atoms with Crippen LogP contribution in [0, 0.1) is 12.8 Å². The number of rotatable bonds is 3. The molecule has 0 bridgehead atoms. The van der Waals surface area contributed by atoms with Crippen LogP contribution in [0.3, 0.4) is 0 Å². The predicted molar refractivity (Wildman–Crippen MR) is 77.9 cm³/mol. The highest BCUT2D eigenvalue weighted by molar-refractivity contribution is 5.88. The zero-order valence-electron chi connectivity index (χ0n) is 12.8. The molecule has 0 aromatic carbocycles. The van der Waals surface area contributed by atoms with Gasteiger partial charge in [-0.15, -0.1) is 0 Å². The lowest BCUT2D eigenvalue weighted by Crippen LogP contribution is -2.42. The fourth-order valence-electron chi connectivity index (χ4n) is 2.39. The Bertz CT molecular complexity index is 499. The number of urea groups is 1. The van der Waals surface area contributed by atoms with Crippen molar-refractivity contribution >= 4 is 17.8 Å². The molecule has 116 valence electrons. The van der Waals surface area contributed by atoms with Crippen molar-refractivity contribution in [1.82, 2.24) is 14.7 Å². The van der Waals surface area contributed by atoms with E-state index < -0.39 is 0 Å². The van der Waals surface area contributed by atoms with Gasteiger partial charge in [0.1, 0.15) is 0 Å². The number of hydrogen-bond donors (Lipinski definition) is 1. The summed E-state index contributed by atoms with van der Waals surface area (Å²) in [5, 5.41) is 6.98. The molecule has 1 fully saturated rings. The Hall–Kier alpha value is -2.05. The maximum Gasteiger partial charge on any atom is 0.323 e. The number of carbonyl (C=O) groups excluding carboxylic acids is 2. The highest BCUT2D eigenvalue weighted by Gasteiger charge is 2.28. The molecule has 1 aliphatic heterocycles. The van der Waals surface area contributed by atoms with E-state index in [9.17, 15) is 9.59 Å². The van der Waals surface area contributed by atoms with Crippen LogP contribution in [0.1, 0.15) is 25.5 Å². The first-order valence-electron chi connectivity index (χ1n) is 7.24. The summed E-state index contributed by atoms with van der Waals surface area (Å²) in [6.07, 6.45) is 1.29. The molecule has 2 amide bonds. The molecule has 0 aliphatic carbocycles. The van der Waals surface area contributed by atoms with E-state index >= 15 is 0 Å². The number of likely N-dealkylation sites (tertiary alicyclic amines) is 1. The van der Waals surface area contributed by atoms with Gasteiger partial charge in [-0.1, -0.05) is 0 Å². The Labute approximate surface area is 124 Å². The maximum absolute atomic E-state index is 12.1. The van der Waals surface area contributed by atoms with E-state index in [0.29, 0.717) is 38.4 Å². The normalized spacial score (nSPS) is 15.9. The third-order valence-corrected chi connectivity index (χ3v) is 3.75. The van der Waals surface area contributed by atoms with Crippen LogP contribution >= 0.6 is 0 Å². The number of aryl methyl sites for hydroxylation is 2. The molecule has 2 heterocycles. The molecule has 0 saturated carbocycles. The Kier molecular flexibility index (Phi) is 4.82. The highest BCUT2D eigenvalue weighted by Crippen LogP contribution is 2.19. The number of anilines is 1. The topological polar surface area (TPSA) is 76.5 Å². The van der Waals surface area contributed by atoms with Crippen molar-refractivity contribution < 1.29 is 14.3 Å². The molecular weight excluding hydrogens is 272 g/mol. The minimum absolute atomic E-state index is 0.0916. The van der Waals surface area contributed by atoms with Crippen molar-refractivity contribution in [2.75, 3.05) is 25.0 Å². The van der Waals surface area contributed by atoms with Gasteiger partial charge in [0, 0.05) is 31.9 Å². The van der Waals surface area contributed by atoms with Gasteiger partial charge in [0.05, 0.1) is 12.5 Å². The van der Waals surface area contributed by atoms with Crippen LogP contribution in [0.2, 0.25) is 0 Å². The van der Waals surface area contributed by atoms with Crippen LogP contribution < -0.4 is 5.32 Å². The van der Waals surface area contributed by atoms with Gasteiger partial charge in [-0.3, -0.25) is 14.8 Å². The van der Waals surface area contributed by atoms with Gasteiger partial charge in [0.2, 0.25) is 0 Å². The average Bonchev–Trinajstić information content (AvgIpc) is 2.77. The summed E-state index contributed by atoms with van der Waals surface area (Å²) in [4.78, 5) is 25.5. The third-order valence-electron chi connectivity index (χ3n) is 3.75. The van der Waals surface area contributed by atoms with Gasteiger partial charge in [0.25, 0.3) is 0 Å². The lowest BCUT2D eigenvalue weighted by Gasteiger charge is -2.30. The van der Waals surface area contributed by atoms with Gasteiger partial charge in [-0.05, 0) is 26.7 Å². The molecule has 2 rings (SSSR count). The Morgan fingerprint density at radius 2 is 2.10 bits per heavy atom. The maximum atomic E-state index is 12.1. The minimum atomic E-state index is -0.171. The second-order valence-electron chi connectivity index (χ2n) is 5.24. The number of esters is 1. The van der Waals surface area contributed by atoms with Crippen molar-refractivity contribution in [3.05, 3.63) is 11.8 Å². The molecular formula is C14H22N4O3. The lowest BCUT2D eigenvalue weighted by molar-refractivity contribution is -0.149. The monoisotopic (exact) mass is 294 g/mol. The SMILES string of the molecule is CCOC(=O)C1CCN(C(=O)Nc2cc(C)n(C)n2)CC1. The van der Waals surface area contributed by atoms with Crippen molar-refractivity contribution in [2.45, 2.75) is 26.7 Å². The molecule has 21 heavy (non-hydrogen) atoms. The van der Waals surface area contributed by atoms with Crippen LogP contribution in [0.4, 0.5) is 10.6 Å². The van der Waals surface area contributed by atoms with Crippen molar-refractivity contribution in [3.8, 4) is 0 Å². The summed E-state index contributed by atoms with van der Waals surface area (Å²) in [6.45, 7) is 5.24. The fraction of sp³-hybridized carbons (Fsp3) is 0.643. The lowest BCUT2D eigenvalue weighted by atomic mass is 9.97. The van der Waals surface area contributed by atoms with Crippen LogP contribution in [0.15, 0.2) is 6.07 Å². The standard InChI is InChI=1S/C14H22N4O3/c1-4-21-13(19)11-5-7-18(8-6-11)14(20)15-12-9-10(2)17(3)16-12/h9,11H,4-8H2,1-3H3,(H,15,16,20). The molecule has 1 aromatic heterocycles. The van der Waals surface area contributed by atoms with Crippen LogP contribution in [-0.4, -0.2) is 46.4 Å². The van der Waals surface area contributed by atoms with E-state index in [1.54, 1.807) is 16.5 Å². The third kappa shape index (κ3) is 3.74.